The van der Waals surface area contributed by atoms with Crippen LogP contribution in [0.25, 0.3) is 0 Å². The topological polar surface area (TPSA) is 35.5 Å². The molecule has 0 spiro atoms. The number of nitrogens with one attached hydrogen (secondary N) is 1. The van der Waals surface area contributed by atoms with Crippen molar-refractivity contribution in [3.63, 3.8) is 0 Å². The van der Waals surface area contributed by atoms with Crippen molar-refractivity contribution >= 4 is 0 Å². The van der Waals surface area contributed by atoms with Gasteiger partial charge in [-0.1, -0.05) is 37.3 Å². The molecule has 0 bridgehead atoms. The lowest BCUT2D eigenvalue weighted by atomic mass is 10.0. The zero-order valence-electron chi connectivity index (χ0n) is 12.1. The van der Waals surface area contributed by atoms with Gasteiger partial charge in [0.15, 0.2) is 0 Å². The summed E-state index contributed by atoms with van der Waals surface area (Å²) in [4.78, 5) is 2.48. The van der Waals surface area contributed by atoms with Crippen LogP contribution in [0.5, 0.6) is 0 Å². The van der Waals surface area contributed by atoms with E-state index in [9.17, 15) is 5.11 Å². The van der Waals surface area contributed by atoms with Gasteiger partial charge >= 0.3 is 0 Å². The molecule has 2 rings (SSSR count). The molecule has 0 saturated carbocycles. The smallest absolute Gasteiger partial charge is 0.0741 e. The fourth-order valence-corrected chi connectivity index (χ4v) is 2.47. The minimum Gasteiger partial charge on any atom is -0.389 e. The first-order chi connectivity index (χ1) is 9.09. The van der Waals surface area contributed by atoms with E-state index in [-0.39, 0.29) is 0 Å². The van der Waals surface area contributed by atoms with Gasteiger partial charge in [-0.2, -0.15) is 0 Å². The third-order valence-electron chi connectivity index (χ3n) is 4.05. The van der Waals surface area contributed by atoms with Crippen LogP contribution >= 0.6 is 0 Å². The summed E-state index contributed by atoms with van der Waals surface area (Å²) in [6.45, 7) is 7.86. The maximum absolute atomic E-state index is 10.0. The molecule has 1 aliphatic heterocycles. The molecule has 0 radical (unpaired) electrons. The highest BCUT2D eigenvalue weighted by molar-refractivity contribution is 5.14. The molecular formula is C16H26N2O. The van der Waals surface area contributed by atoms with Crippen molar-refractivity contribution in [2.45, 2.75) is 44.9 Å². The van der Waals surface area contributed by atoms with Crippen LogP contribution in [0.3, 0.4) is 0 Å². The summed E-state index contributed by atoms with van der Waals surface area (Å²) in [5.41, 5.74) is 0.802. The second-order valence-electron chi connectivity index (χ2n) is 5.94. The highest BCUT2D eigenvalue weighted by atomic mass is 16.3. The average molecular weight is 262 g/mol. The molecular weight excluding hydrogens is 236 g/mol. The molecule has 2 unspecified atom stereocenters. The lowest BCUT2D eigenvalue weighted by Crippen LogP contribution is -2.43. The van der Waals surface area contributed by atoms with Crippen LogP contribution in [0.2, 0.25) is 0 Å². The van der Waals surface area contributed by atoms with Crippen molar-refractivity contribution in [2.75, 3.05) is 19.6 Å². The number of hydrogen-bond acceptors (Lipinski definition) is 3. The van der Waals surface area contributed by atoms with Crippen LogP contribution < -0.4 is 5.32 Å². The van der Waals surface area contributed by atoms with Crippen LogP contribution in [0.4, 0.5) is 0 Å². The first-order valence-corrected chi connectivity index (χ1v) is 7.31. The van der Waals surface area contributed by atoms with Crippen LogP contribution in [0, 0.1) is 0 Å². The standard InChI is InChI=1S/C16H26N2O/c1-3-16(2,19)13-17-15-9-10-18(12-15)11-14-7-5-4-6-8-14/h4-8,15,17,19H,3,9-13H2,1-2H3. The van der Waals surface area contributed by atoms with E-state index in [1.165, 1.54) is 12.0 Å². The number of likely N-dealkylation sites (tertiary alicyclic amines) is 1. The maximum atomic E-state index is 10.0. The molecule has 1 saturated heterocycles. The summed E-state index contributed by atoms with van der Waals surface area (Å²) in [6, 6.07) is 11.1. The summed E-state index contributed by atoms with van der Waals surface area (Å²) in [7, 11) is 0. The molecule has 0 amide bonds. The summed E-state index contributed by atoms with van der Waals surface area (Å²) in [5.74, 6) is 0. The fraction of sp³-hybridized carbons (Fsp3) is 0.625. The Hall–Kier alpha value is -0.900. The third-order valence-corrected chi connectivity index (χ3v) is 4.05. The first kappa shape index (κ1) is 14.5. The number of aliphatic hydroxyl groups is 1. The zero-order valence-corrected chi connectivity index (χ0v) is 12.1. The van der Waals surface area contributed by atoms with Gasteiger partial charge in [-0.3, -0.25) is 4.90 Å². The largest absolute Gasteiger partial charge is 0.389 e. The summed E-state index contributed by atoms with van der Waals surface area (Å²) in [6.07, 6.45) is 1.97. The quantitative estimate of drug-likeness (QED) is 0.823. The number of nitrogens with zero attached hydrogens (tertiary/aromatic N) is 1. The van der Waals surface area contributed by atoms with E-state index in [1.807, 2.05) is 13.8 Å². The molecule has 3 nitrogen and oxygen atoms in total. The van der Waals surface area contributed by atoms with Crippen molar-refractivity contribution in [2.24, 2.45) is 0 Å². The van der Waals surface area contributed by atoms with Crippen LogP contribution in [-0.4, -0.2) is 41.3 Å². The lowest BCUT2D eigenvalue weighted by Gasteiger charge is -2.24. The minimum absolute atomic E-state index is 0.515. The second-order valence-corrected chi connectivity index (χ2v) is 5.94. The van der Waals surface area contributed by atoms with Gasteiger partial charge in [-0.15, -0.1) is 0 Å². The van der Waals surface area contributed by atoms with Crippen molar-refractivity contribution in [3.05, 3.63) is 35.9 Å². The SMILES string of the molecule is CCC(C)(O)CNC1CCN(Cc2ccccc2)C1. The normalized spacial score (nSPS) is 23.4. The zero-order chi connectivity index (χ0) is 13.7. The molecule has 106 valence electrons. The Balaban J connectivity index is 1.74. The number of rotatable bonds is 6. The van der Waals surface area contributed by atoms with Crippen LogP contribution in [0.15, 0.2) is 30.3 Å². The van der Waals surface area contributed by atoms with Crippen molar-refractivity contribution in [3.8, 4) is 0 Å². The summed E-state index contributed by atoms with van der Waals surface area (Å²) in [5, 5.41) is 13.5. The Kier molecular flexibility index (Phi) is 4.97. The minimum atomic E-state index is -0.577. The van der Waals surface area contributed by atoms with Gasteiger partial charge in [0, 0.05) is 32.2 Å². The van der Waals surface area contributed by atoms with Crippen molar-refractivity contribution < 1.29 is 5.11 Å². The van der Waals surface area contributed by atoms with Gasteiger partial charge in [-0.25, -0.2) is 0 Å². The van der Waals surface area contributed by atoms with Gasteiger partial charge in [0.05, 0.1) is 5.60 Å². The van der Waals surface area contributed by atoms with Crippen LogP contribution in [0.1, 0.15) is 32.3 Å². The predicted molar refractivity (Wildman–Crippen MR) is 79.0 cm³/mol. The molecule has 2 N–H and O–H groups in total. The second kappa shape index (κ2) is 6.51. The van der Waals surface area contributed by atoms with Gasteiger partial charge < -0.3 is 10.4 Å². The molecule has 2 atom stereocenters. The highest BCUT2D eigenvalue weighted by Crippen LogP contribution is 2.14. The molecule has 1 heterocycles. The van der Waals surface area contributed by atoms with Gasteiger partial charge in [0.2, 0.25) is 0 Å². The number of benzene rings is 1. The first-order valence-electron chi connectivity index (χ1n) is 7.31. The Morgan fingerprint density at radius 1 is 1.37 bits per heavy atom. The summed E-state index contributed by atoms with van der Waals surface area (Å²) >= 11 is 0. The molecule has 1 aromatic carbocycles. The molecule has 0 aliphatic carbocycles. The molecule has 19 heavy (non-hydrogen) atoms. The van der Waals surface area contributed by atoms with E-state index in [0.717, 1.165) is 26.1 Å². The van der Waals surface area contributed by atoms with E-state index in [2.05, 4.69) is 40.5 Å². The van der Waals surface area contributed by atoms with E-state index in [0.29, 0.717) is 12.6 Å². The Bertz CT molecular complexity index is 378. The van der Waals surface area contributed by atoms with Crippen molar-refractivity contribution in [1.29, 1.82) is 0 Å². The Morgan fingerprint density at radius 2 is 2.11 bits per heavy atom. The molecule has 1 aliphatic rings. The molecule has 3 heteroatoms. The van der Waals surface area contributed by atoms with Gasteiger partial charge in [0.1, 0.15) is 0 Å². The number of hydrogen-bond donors (Lipinski definition) is 2. The van der Waals surface area contributed by atoms with Crippen LogP contribution in [-0.2, 0) is 6.54 Å². The van der Waals surface area contributed by atoms with E-state index in [1.54, 1.807) is 0 Å². The highest BCUT2D eigenvalue weighted by Gasteiger charge is 2.25. The van der Waals surface area contributed by atoms with E-state index in [4.69, 9.17) is 0 Å². The average Bonchev–Trinajstić information content (AvgIpc) is 2.86. The van der Waals surface area contributed by atoms with Crippen molar-refractivity contribution in [1.82, 2.24) is 10.2 Å². The van der Waals surface area contributed by atoms with E-state index >= 15 is 0 Å². The van der Waals surface area contributed by atoms with E-state index < -0.39 is 5.60 Å². The molecule has 0 aromatic heterocycles. The monoisotopic (exact) mass is 262 g/mol. The maximum Gasteiger partial charge on any atom is 0.0741 e. The molecule has 1 fully saturated rings. The fourth-order valence-electron chi connectivity index (χ4n) is 2.47. The van der Waals surface area contributed by atoms with Gasteiger partial charge in [-0.05, 0) is 25.3 Å². The summed E-state index contributed by atoms with van der Waals surface area (Å²) < 4.78 is 0. The third kappa shape index (κ3) is 4.60. The van der Waals surface area contributed by atoms with Gasteiger partial charge in [0.25, 0.3) is 0 Å². The Labute approximate surface area is 116 Å². The Morgan fingerprint density at radius 3 is 2.79 bits per heavy atom. The predicted octanol–water partition coefficient (Wildman–Crippen LogP) is 2.01. The lowest BCUT2D eigenvalue weighted by molar-refractivity contribution is 0.0530. The molecule has 1 aromatic rings.